The van der Waals surface area contributed by atoms with Crippen LogP contribution < -0.4 is 4.74 Å². The van der Waals surface area contributed by atoms with Crippen LogP contribution in [0.3, 0.4) is 0 Å². The molecule has 0 aliphatic rings. The van der Waals surface area contributed by atoms with Crippen molar-refractivity contribution in [3.05, 3.63) is 77.6 Å². The molecule has 0 fully saturated rings. The van der Waals surface area contributed by atoms with Crippen molar-refractivity contribution < 1.29 is 4.74 Å². The summed E-state index contributed by atoms with van der Waals surface area (Å²) in [5.74, 6) is 0.827. The largest absolute Gasteiger partial charge is 0.456 e. The first-order valence-corrected chi connectivity index (χ1v) is 6.30. The second-order valence-electron chi connectivity index (χ2n) is 4.42. The zero-order valence-corrected chi connectivity index (χ0v) is 10.8. The summed E-state index contributed by atoms with van der Waals surface area (Å²) in [4.78, 5) is 7.38. The number of pyridine rings is 1. The van der Waals surface area contributed by atoms with E-state index in [9.17, 15) is 0 Å². The molecule has 96 valence electrons. The molecule has 0 aliphatic heterocycles. The van der Waals surface area contributed by atoms with Gasteiger partial charge in [0.15, 0.2) is 0 Å². The summed E-state index contributed by atoms with van der Waals surface area (Å²) in [5, 5.41) is 2.40. The van der Waals surface area contributed by atoms with Gasteiger partial charge in [-0.25, -0.2) is 0 Å². The molecule has 0 N–H and O–H groups in total. The lowest BCUT2D eigenvalue weighted by Gasteiger charge is -2.05. The molecule has 2 aromatic carbocycles. The van der Waals surface area contributed by atoms with Gasteiger partial charge in [-0.1, -0.05) is 54.0 Å². The summed E-state index contributed by atoms with van der Waals surface area (Å²) >= 11 is 0. The molecule has 1 heterocycles. The SMILES string of the molecule is [C-]#[N+]c1cccc(OCc2ccc3ccccc3c2)n1. The van der Waals surface area contributed by atoms with Crippen LogP contribution in [0.25, 0.3) is 15.6 Å². The van der Waals surface area contributed by atoms with Crippen LogP contribution in [0.5, 0.6) is 5.88 Å². The maximum atomic E-state index is 6.93. The fourth-order valence-electron chi connectivity index (χ4n) is 2.03. The lowest BCUT2D eigenvalue weighted by atomic mass is 10.1. The van der Waals surface area contributed by atoms with E-state index >= 15 is 0 Å². The van der Waals surface area contributed by atoms with Gasteiger partial charge < -0.3 is 9.58 Å². The van der Waals surface area contributed by atoms with Gasteiger partial charge in [0, 0.05) is 6.07 Å². The molecule has 3 heteroatoms. The molecule has 0 saturated carbocycles. The number of hydrogen-bond donors (Lipinski definition) is 0. The molecule has 0 atom stereocenters. The highest BCUT2D eigenvalue weighted by molar-refractivity contribution is 5.82. The molecule has 0 unspecified atom stereocenters. The third-order valence-corrected chi connectivity index (χ3v) is 3.02. The molecule has 3 nitrogen and oxygen atoms in total. The summed E-state index contributed by atoms with van der Waals surface area (Å²) < 4.78 is 5.63. The lowest BCUT2D eigenvalue weighted by Crippen LogP contribution is -1.96. The summed E-state index contributed by atoms with van der Waals surface area (Å²) in [6.07, 6.45) is 0. The Kier molecular flexibility index (Phi) is 3.30. The highest BCUT2D eigenvalue weighted by atomic mass is 16.5. The van der Waals surface area contributed by atoms with Crippen LogP contribution >= 0.6 is 0 Å². The molecule has 20 heavy (non-hydrogen) atoms. The summed E-state index contributed by atoms with van der Waals surface area (Å²) in [6.45, 7) is 7.38. The fraction of sp³-hybridized carbons (Fsp3) is 0.0588. The predicted octanol–water partition coefficient (Wildman–Crippen LogP) is 4.36. The van der Waals surface area contributed by atoms with E-state index in [4.69, 9.17) is 11.3 Å². The Bertz CT molecular complexity index is 790. The van der Waals surface area contributed by atoms with E-state index in [2.05, 4.69) is 34.1 Å². The van der Waals surface area contributed by atoms with Crippen molar-refractivity contribution in [3.63, 3.8) is 0 Å². The third-order valence-electron chi connectivity index (χ3n) is 3.02. The summed E-state index contributed by atoms with van der Waals surface area (Å²) in [5.41, 5.74) is 1.08. The number of ether oxygens (including phenoxy) is 1. The summed E-state index contributed by atoms with van der Waals surface area (Å²) in [7, 11) is 0. The van der Waals surface area contributed by atoms with Crippen LogP contribution in [-0.2, 0) is 6.61 Å². The smallest absolute Gasteiger partial charge is 0.309 e. The van der Waals surface area contributed by atoms with Gasteiger partial charge in [-0.3, -0.25) is 0 Å². The van der Waals surface area contributed by atoms with Crippen LogP contribution in [0.4, 0.5) is 5.82 Å². The van der Waals surface area contributed by atoms with Gasteiger partial charge in [0.05, 0.1) is 0 Å². The number of rotatable bonds is 3. The minimum atomic E-state index is 0.348. The second-order valence-corrected chi connectivity index (χ2v) is 4.42. The fourth-order valence-corrected chi connectivity index (χ4v) is 2.03. The standard InChI is InChI=1S/C17H12N2O/c1-18-16-7-4-8-17(19-16)20-12-13-9-10-14-5-2-3-6-15(14)11-13/h2-11H,12H2. The molecule has 1 aromatic heterocycles. The van der Waals surface area contributed by atoms with Gasteiger partial charge in [-0.05, 0) is 28.5 Å². The van der Waals surface area contributed by atoms with Crippen molar-refractivity contribution >= 4 is 16.6 Å². The normalized spacial score (nSPS) is 10.2. The molecule has 3 rings (SSSR count). The van der Waals surface area contributed by atoms with Gasteiger partial charge in [0.2, 0.25) is 0 Å². The Morgan fingerprint density at radius 1 is 0.950 bits per heavy atom. The van der Waals surface area contributed by atoms with Crippen LogP contribution in [0, 0.1) is 6.57 Å². The monoisotopic (exact) mass is 260 g/mol. The van der Waals surface area contributed by atoms with E-state index in [1.165, 1.54) is 10.8 Å². The number of benzene rings is 2. The van der Waals surface area contributed by atoms with Gasteiger partial charge in [-0.15, -0.1) is 0 Å². The molecule has 0 amide bonds. The lowest BCUT2D eigenvalue weighted by molar-refractivity contribution is 0.294. The molecule has 0 aliphatic carbocycles. The predicted molar refractivity (Wildman–Crippen MR) is 78.8 cm³/mol. The van der Waals surface area contributed by atoms with E-state index in [0.717, 1.165) is 5.56 Å². The topological polar surface area (TPSA) is 26.5 Å². The molecular formula is C17H12N2O. The average molecular weight is 260 g/mol. The Hall–Kier alpha value is -2.86. The van der Waals surface area contributed by atoms with Gasteiger partial charge in [0.1, 0.15) is 6.61 Å². The quantitative estimate of drug-likeness (QED) is 0.654. The first-order valence-electron chi connectivity index (χ1n) is 6.30. The number of hydrogen-bond acceptors (Lipinski definition) is 2. The summed E-state index contributed by atoms with van der Waals surface area (Å²) in [6, 6.07) is 19.6. The van der Waals surface area contributed by atoms with E-state index in [-0.39, 0.29) is 0 Å². The first kappa shape index (κ1) is 12.2. The first-order chi connectivity index (χ1) is 9.85. The highest BCUT2D eigenvalue weighted by Gasteiger charge is 2.03. The maximum absolute atomic E-state index is 6.93. The van der Waals surface area contributed by atoms with Crippen LogP contribution in [0.15, 0.2) is 60.7 Å². The molecule has 3 aromatic rings. The van der Waals surface area contributed by atoms with E-state index in [0.29, 0.717) is 18.3 Å². The van der Waals surface area contributed by atoms with Crippen molar-refractivity contribution in [2.45, 2.75) is 6.61 Å². The van der Waals surface area contributed by atoms with Gasteiger partial charge >= 0.3 is 5.88 Å². The maximum Gasteiger partial charge on any atom is 0.309 e. The minimum absolute atomic E-state index is 0.348. The van der Waals surface area contributed by atoms with Crippen LogP contribution in [0.2, 0.25) is 0 Å². The molecule has 0 bridgehead atoms. The van der Waals surface area contributed by atoms with Gasteiger partial charge in [-0.2, -0.15) is 0 Å². The molecular weight excluding hydrogens is 248 g/mol. The van der Waals surface area contributed by atoms with Crippen molar-refractivity contribution in [2.75, 3.05) is 0 Å². The Labute approximate surface area is 117 Å². The Morgan fingerprint density at radius 3 is 2.65 bits per heavy atom. The Morgan fingerprint density at radius 2 is 1.80 bits per heavy atom. The van der Waals surface area contributed by atoms with E-state index < -0.39 is 0 Å². The van der Waals surface area contributed by atoms with E-state index in [1.807, 2.05) is 18.2 Å². The molecule has 0 spiro atoms. The average Bonchev–Trinajstić information content (AvgIpc) is 2.53. The van der Waals surface area contributed by atoms with Gasteiger partial charge in [0.25, 0.3) is 5.82 Å². The zero-order chi connectivity index (χ0) is 13.8. The molecule has 0 radical (unpaired) electrons. The Balaban J connectivity index is 1.78. The van der Waals surface area contributed by atoms with Crippen molar-refractivity contribution in [1.82, 2.24) is 4.98 Å². The third kappa shape index (κ3) is 2.60. The zero-order valence-electron chi connectivity index (χ0n) is 10.8. The number of fused-ring (bicyclic) bond motifs is 1. The van der Waals surface area contributed by atoms with Crippen LogP contribution in [-0.4, -0.2) is 4.98 Å². The molecule has 0 saturated heterocycles. The second kappa shape index (κ2) is 5.41. The number of aromatic nitrogens is 1. The van der Waals surface area contributed by atoms with E-state index in [1.54, 1.807) is 18.2 Å². The number of nitrogens with zero attached hydrogens (tertiary/aromatic N) is 2. The van der Waals surface area contributed by atoms with Crippen molar-refractivity contribution in [3.8, 4) is 5.88 Å². The van der Waals surface area contributed by atoms with Crippen molar-refractivity contribution in [1.29, 1.82) is 0 Å². The van der Waals surface area contributed by atoms with Crippen LogP contribution in [0.1, 0.15) is 5.56 Å². The minimum Gasteiger partial charge on any atom is -0.456 e. The highest BCUT2D eigenvalue weighted by Crippen LogP contribution is 2.18. The van der Waals surface area contributed by atoms with Crippen molar-refractivity contribution in [2.24, 2.45) is 0 Å².